The first-order valence-corrected chi connectivity index (χ1v) is 6.09. The number of aliphatic hydroxyl groups is 1. The van der Waals surface area contributed by atoms with Crippen LogP contribution in [0, 0.1) is 11.8 Å². The van der Waals surface area contributed by atoms with Crippen LogP contribution in [0.25, 0.3) is 0 Å². The lowest BCUT2D eigenvalue weighted by Gasteiger charge is -2.16. The quantitative estimate of drug-likeness (QED) is 0.815. The molecule has 0 spiro atoms. The standard InChI is InChI=1S/C11H19NOS/c1-4-10-7-14-11(12-10)5-9(6-13)8(2)3/h7-9,13H,4-6H2,1-3H3. The summed E-state index contributed by atoms with van der Waals surface area (Å²) < 4.78 is 0. The number of aryl methyl sites for hydroxylation is 1. The second-order valence-electron chi connectivity index (χ2n) is 3.98. The van der Waals surface area contributed by atoms with Gasteiger partial charge in [0.05, 0.1) is 10.7 Å². The highest BCUT2D eigenvalue weighted by molar-refractivity contribution is 7.09. The van der Waals surface area contributed by atoms with Crippen LogP contribution in [0.5, 0.6) is 0 Å². The molecule has 0 aliphatic rings. The number of hydrogen-bond acceptors (Lipinski definition) is 3. The number of aromatic nitrogens is 1. The zero-order valence-corrected chi connectivity index (χ0v) is 9.97. The van der Waals surface area contributed by atoms with Crippen molar-refractivity contribution >= 4 is 11.3 Å². The van der Waals surface area contributed by atoms with E-state index >= 15 is 0 Å². The smallest absolute Gasteiger partial charge is 0.0931 e. The molecule has 2 nitrogen and oxygen atoms in total. The van der Waals surface area contributed by atoms with E-state index in [2.05, 4.69) is 31.1 Å². The summed E-state index contributed by atoms with van der Waals surface area (Å²) in [6, 6.07) is 0. The van der Waals surface area contributed by atoms with Crippen LogP contribution in [0.15, 0.2) is 5.38 Å². The molecule has 1 atom stereocenters. The summed E-state index contributed by atoms with van der Waals surface area (Å²) in [4.78, 5) is 4.51. The molecule has 80 valence electrons. The van der Waals surface area contributed by atoms with E-state index in [9.17, 15) is 5.11 Å². The van der Waals surface area contributed by atoms with Crippen LogP contribution in [-0.2, 0) is 12.8 Å². The maximum absolute atomic E-state index is 9.20. The van der Waals surface area contributed by atoms with Gasteiger partial charge >= 0.3 is 0 Å². The second kappa shape index (κ2) is 5.47. The number of thiazole rings is 1. The molecular formula is C11H19NOS. The van der Waals surface area contributed by atoms with Gasteiger partial charge in [-0.2, -0.15) is 0 Å². The Morgan fingerprint density at radius 3 is 2.64 bits per heavy atom. The van der Waals surface area contributed by atoms with Crippen molar-refractivity contribution in [3.05, 3.63) is 16.1 Å². The van der Waals surface area contributed by atoms with Crippen molar-refractivity contribution in [3.63, 3.8) is 0 Å². The van der Waals surface area contributed by atoms with Crippen molar-refractivity contribution in [2.75, 3.05) is 6.61 Å². The lowest BCUT2D eigenvalue weighted by Crippen LogP contribution is -2.16. The Morgan fingerprint density at radius 2 is 2.21 bits per heavy atom. The van der Waals surface area contributed by atoms with E-state index in [1.807, 2.05) is 0 Å². The molecular weight excluding hydrogens is 194 g/mol. The molecule has 1 heterocycles. The zero-order chi connectivity index (χ0) is 10.6. The van der Waals surface area contributed by atoms with Gasteiger partial charge in [0, 0.05) is 18.4 Å². The Morgan fingerprint density at radius 1 is 1.50 bits per heavy atom. The Balaban J connectivity index is 2.57. The monoisotopic (exact) mass is 213 g/mol. The van der Waals surface area contributed by atoms with Gasteiger partial charge in [-0.1, -0.05) is 20.8 Å². The summed E-state index contributed by atoms with van der Waals surface area (Å²) >= 11 is 1.71. The molecule has 0 aliphatic heterocycles. The van der Waals surface area contributed by atoms with E-state index in [1.165, 1.54) is 5.69 Å². The summed E-state index contributed by atoms with van der Waals surface area (Å²) in [5.41, 5.74) is 1.17. The van der Waals surface area contributed by atoms with Gasteiger partial charge in [0.2, 0.25) is 0 Å². The van der Waals surface area contributed by atoms with Crippen molar-refractivity contribution in [1.29, 1.82) is 0 Å². The fourth-order valence-electron chi connectivity index (χ4n) is 1.34. The average Bonchev–Trinajstić information content (AvgIpc) is 2.61. The van der Waals surface area contributed by atoms with Gasteiger partial charge in [0.25, 0.3) is 0 Å². The summed E-state index contributed by atoms with van der Waals surface area (Å²) in [6.45, 7) is 6.67. The third kappa shape index (κ3) is 3.07. The first kappa shape index (κ1) is 11.7. The molecule has 0 radical (unpaired) electrons. The van der Waals surface area contributed by atoms with Crippen molar-refractivity contribution in [2.24, 2.45) is 11.8 Å². The minimum atomic E-state index is 0.263. The molecule has 0 fully saturated rings. The van der Waals surface area contributed by atoms with Crippen LogP contribution < -0.4 is 0 Å². The van der Waals surface area contributed by atoms with Gasteiger partial charge in [-0.3, -0.25) is 0 Å². The Labute approximate surface area is 90.0 Å². The third-order valence-electron chi connectivity index (χ3n) is 2.58. The summed E-state index contributed by atoms with van der Waals surface area (Å²) in [6.07, 6.45) is 1.92. The SMILES string of the molecule is CCc1csc(CC(CO)C(C)C)n1. The molecule has 0 amide bonds. The van der Waals surface area contributed by atoms with Crippen molar-refractivity contribution in [1.82, 2.24) is 4.98 Å². The lowest BCUT2D eigenvalue weighted by atomic mass is 9.94. The van der Waals surface area contributed by atoms with E-state index in [0.29, 0.717) is 11.8 Å². The van der Waals surface area contributed by atoms with Gasteiger partial charge in [-0.15, -0.1) is 11.3 Å². The van der Waals surface area contributed by atoms with Crippen molar-refractivity contribution in [2.45, 2.75) is 33.6 Å². The van der Waals surface area contributed by atoms with Crippen LogP contribution in [0.1, 0.15) is 31.5 Å². The Hall–Kier alpha value is -0.410. The highest BCUT2D eigenvalue weighted by Crippen LogP contribution is 2.19. The molecule has 1 aromatic heterocycles. The highest BCUT2D eigenvalue weighted by atomic mass is 32.1. The Bertz CT molecular complexity index is 270. The van der Waals surface area contributed by atoms with Crippen LogP contribution in [-0.4, -0.2) is 16.7 Å². The predicted octanol–water partition coefficient (Wildman–Crippen LogP) is 2.51. The summed E-state index contributed by atoms with van der Waals surface area (Å²) in [7, 11) is 0. The van der Waals surface area contributed by atoms with Gasteiger partial charge in [-0.05, 0) is 18.3 Å². The normalized spacial score (nSPS) is 13.5. The van der Waals surface area contributed by atoms with E-state index < -0.39 is 0 Å². The lowest BCUT2D eigenvalue weighted by molar-refractivity contribution is 0.189. The van der Waals surface area contributed by atoms with Gasteiger partial charge in [0.15, 0.2) is 0 Å². The van der Waals surface area contributed by atoms with E-state index in [1.54, 1.807) is 11.3 Å². The molecule has 1 unspecified atom stereocenters. The second-order valence-corrected chi connectivity index (χ2v) is 4.92. The minimum absolute atomic E-state index is 0.263. The third-order valence-corrected chi connectivity index (χ3v) is 3.50. The molecule has 1 N–H and O–H groups in total. The van der Waals surface area contributed by atoms with Gasteiger partial charge in [0.1, 0.15) is 0 Å². The van der Waals surface area contributed by atoms with Crippen LogP contribution >= 0.6 is 11.3 Å². The molecule has 0 aliphatic carbocycles. The maximum Gasteiger partial charge on any atom is 0.0931 e. The minimum Gasteiger partial charge on any atom is -0.396 e. The molecule has 1 aromatic rings. The number of aliphatic hydroxyl groups excluding tert-OH is 1. The molecule has 0 saturated carbocycles. The van der Waals surface area contributed by atoms with Crippen LogP contribution in [0.3, 0.4) is 0 Å². The number of nitrogens with zero attached hydrogens (tertiary/aromatic N) is 1. The van der Waals surface area contributed by atoms with E-state index in [0.717, 1.165) is 17.8 Å². The van der Waals surface area contributed by atoms with E-state index in [4.69, 9.17) is 0 Å². The largest absolute Gasteiger partial charge is 0.396 e. The fraction of sp³-hybridized carbons (Fsp3) is 0.727. The zero-order valence-electron chi connectivity index (χ0n) is 9.16. The molecule has 1 rings (SSSR count). The molecule has 3 heteroatoms. The highest BCUT2D eigenvalue weighted by Gasteiger charge is 2.14. The first-order chi connectivity index (χ1) is 6.67. The average molecular weight is 213 g/mol. The van der Waals surface area contributed by atoms with E-state index in [-0.39, 0.29) is 6.61 Å². The fourth-order valence-corrected chi connectivity index (χ4v) is 2.31. The maximum atomic E-state index is 9.20. The molecule has 0 bridgehead atoms. The van der Waals surface area contributed by atoms with Crippen LogP contribution in [0.4, 0.5) is 0 Å². The molecule has 0 aromatic carbocycles. The van der Waals surface area contributed by atoms with Crippen molar-refractivity contribution < 1.29 is 5.11 Å². The Kier molecular flexibility index (Phi) is 4.55. The first-order valence-electron chi connectivity index (χ1n) is 5.21. The van der Waals surface area contributed by atoms with Crippen molar-refractivity contribution in [3.8, 4) is 0 Å². The summed E-state index contributed by atoms with van der Waals surface area (Å²) in [5.74, 6) is 0.875. The topological polar surface area (TPSA) is 33.1 Å². The molecule has 14 heavy (non-hydrogen) atoms. The van der Waals surface area contributed by atoms with Gasteiger partial charge in [-0.25, -0.2) is 4.98 Å². The predicted molar refractivity (Wildman–Crippen MR) is 60.6 cm³/mol. The summed E-state index contributed by atoms with van der Waals surface area (Å²) in [5, 5.41) is 12.5. The number of hydrogen-bond donors (Lipinski definition) is 1. The number of rotatable bonds is 5. The molecule has 0 saturated heterocycles. The van der Waals surface area contributed by atoms with Crippen LogP contribution in [0.2, 0.25) is 0 Å². The van der Waals surface area contributed by atoms with Gasteiger partial charge < -0.3 is 5.11 Å².